The molecule has 2 atom stereocenters. The van der Waals surface area contributed by atoms with E-state index in [9.17, 15) is 19.5 Å². The number of hydrogen-bond acceptors (Lipinski definition) is 4. The highest BCUT2D eigenvalue weighted by Crippen LogP contribution is 2.15. The van der Waals surface area contributed by atoms with E-state index in [2.05, 4.69) is 6.92 Å². The third-order valence-electron chi connectivity index (χ3n) is 6.25. The average molecular weight is 470 g/mol. The number of amides is 2. The van der Waals surface area contributed by atoms with Crippen molar-refractivity contribution < 1.29 is 19.5 Å². The molecule has 0 spiro atoms. The Kier molecular flexibility index (Phi) is 19.9. The van der Waals surface area contributed by atoms with Gasteiger partial charge in [0.25, 0.3) is 0 Å². The molecule has 0 aliphatic rings. The van der Waals surface area contributed by atoms with Gasteiger partial charge in [0.15, 0.2) is 0 Å². The number of rotatable bonds is 23. The number of carboxylic acid groups (broad SMARTS) is 1. The first-order chi connectivity index (χ1) is 15.8. The molecule has 7 nitrogen and oxygen atoms in total. The standard InChI is InChI=1S/C26H51N3O4/c1-3-4-5-6-7-8-9-10-11-12-13-14-15-16-17-18-21-29(25(31)22(2)27)23(26(32)33)19-20-24(28)30/h22-23H,3-21,27H2,1-2H3,(H2,28,30)(H,32,33)/t22-,23+/m1/s1. The van der Waals surface area contributed by atoms with Gasteiger partial charge in [0.2, 0.25) is 11.8 Å². The maximum absolute atomic E-state index is 12.4. The van der Waals surface area contributed by atoms with Crippen LogP contribution in [0.25, 0.3) is 0 Å². The van der Waals surface area contributed by atoms with Gasteiger partial charge in [-0.25, -0.2) is 4.79 Å². The van der Waals surface area contributed by atoms with Crippen LogP contribution in [0.5, 0.6) is 0 Å². The van der Waals surface area contributed by atoms with E-state index >= 15 is 0 Å². The lowest BCUT2D eigenvalue weighted by Crippen LogP contribution is -2.51. The monoisotopic (exact) mass is 469 g/mol. The molecular weight excluding hydrogens is 418 g/mol. The van der Waals surface area contributed by atoms with Crippen LogP contribution < -0.4 is 11.5 Å². The molecule has 7 heteroatoms. The first-order valence-electron chi connectivity index (χ1n) is 13.4. The van der Waals surface area contributed by atoms with Crippen molar-refractivity contribution in [3.05, 3.63) is 0 Å². The Morgan fingerprint density at radius 3 is 1.48 bits per heavy atom. The number of carbonyl (C=O) groups is 3. The van der Waals surface area contributed by atoms with Crippen molar-refractivity contribution in [1.29, 1.82) is 0 Å². The first-order valence-corrected chi connectivity index (χ1v) is 13.4. The Hall–Kier alpha value is -1.63. The average Bonchev–Trinajstić information content (AvgIpc) is 2.76. The molecule has 0 heterocycles. The minimum absolute atomic E-state index is 0.0159. The quantitative estimate of drug-likeness (QED) is 0.179. The number of aliphatic carboxylic acids is 1. The highest BCUT2D eigenvalue weighted by atomic mass is 16.4. The number of carbonyl (C=O) groups excluding carboxylic acids is 2. The van der Waals surface area contributed by atoms with Gasteiger partial charge >= 0.3 is 5.97 Å². The van der Waals surface area contributed by atoms with Crippen LogP contribution in [0.3, 0.4) is 0 Å². The van der Waals surface area contributed by atoms with Gasteiger partial charge in [-0.2, -0.15) is 0 Å². The summed E-state index contributed by atoms with van der Waals surface area (Å²) in [4.78, 5) is 36.5. The molecule has 0 aliphatic heterocycles. The predicted octanol–water partition coefficient (Wildman–Crippen LogP) is 5.14. The number of carboxylic acids is 1. The minimum Gasteiger partial charge on any atom is -0.480 e. The number of hydrogen-bond donors (Lipinski definition) is 3. The van der Waals surface area contributed by atoms with E-state index in [0.29, 0.717) is 6.54 Å². The molecule has 0 aromatic heterocycles. The molecule has 0 fully saturated rings. The molecule has 0 unspecified atom stereocenters. The lowest BCUT2D eigenvalue weighted by Gasteiger charge is -2.30. The molecule has 0 saturated carbocycles. The fraction of sp³-hybridized carbons (Fsp3) is 0.885. The van der Waals surface area contributed by atoms with Crippen molar-refractivity contribution >= 4 is 17.8 Å². The molecule has 0 rings (SSSR count). The second-order valence-corrected chi connectivity index (χ2v) is 9.48. The molecule has 5 N–H and O–H groups in total. The van der Waals surface area contributed by atoms with Crippen LogP contribution >= 0.6 is 0 Å². The second-order valence-electron chi connectivity index (χ2n) is 9.48. The smallest absolute Gasteiger partial charge is 0.326 e. The fourth-order valence-electron chi connectivity index (χ4n) is 4.20. The highest BCUT2D eigenvalue weighted by molar-refractivity contribution is 5.87. The van der Waals surface area contributed by atoms with Crippen molar-refractivity contribution in [1.82, 2.24) is 4.90 Å². The lowest BCUT2D eigenvalue weighted by molar-refractivity contribution is -0.151. The molecule has 2 amide bonds. The fourth-order valence-corrected chi connectivity index (χ4v) is 4.20. The largest absolute Gasteiger partial charge is 0.480 e. The van der Waals surface area contributed by atoms with Gasteiger partial charge in [-0.3, -0.25) is 9.59 Å². The van der Waals surface area contributed by atoms with Gasteiger partial charge in [0, 0.05) is 13.0 Å². The van der Waals surface area contributed by atoms with E-state index in [-0.39, 0.29) is 12.8 Å². The van der Waals surface area contributed by atoms with E-state index in [4.69, 9.17) is 11.5 Å². The third-order valence-corrected chi connectivity index (χ3v) is 6.25. The van der Waals surface area contributed by atoms with E-state index in [0.717, 1.165) is 19.3 Å². The molecule has 0 aromatic carbocycles. The highest BCUT2D eigenvalue weighted by Gasteiger charge is 2.30. The molecule has 0 aromatic rings. The molecule has 0 bridgehead atoms. The Balaban J connectivity index is 3.94. The summed E-state index contributed by atoms with van der Waals surface area (Å²) in [7, 11) is 0. The zero-order valence-corrected chi connectivity index (χ0v) is 21.4. The third kappa shape index (κ3) is 17.5. The molecule has 0 saturated heterocycles. The first kappa shape index (κ1) is 31.4. The Morgan fingerprint density at radius 1 is 0.758 bits per heavy atom. The van der Waals surface area contributed by atoms with Crippen LogP contribution in [0.2, 0.25) is 0 Å². The number of nitrogens with two attached hydrogens (primary N) is 2. The van der Waals surface area contributed by atoms with Gasteiger partial charge < -0.3 is 21.5 Å². The van der Waals surface area contributed by atoms with Gasteiger partial charge in [-0.1, -0.05) is 103 Å². The maximum Gasteiger partial charge on any atom is 0.326 e. The van der Waals surface area contributed by atoms with Crippen molar-refractivity contribution in [3.8, 4) is 0 Å². The maximum atomic E-state index is 12.4. The lowest BCUT2D eigenvalue weighted by atomic mass is 10.0. The molecule has 0 radical (unpaired) electrons. The van der Waals surface area contributed by atoms with Crippen LogP contribution in [-0.2, 0) is 14.4 Å². The van der Waals surface area contributed by atoms with E-state index in [1.54, 1.807) is 6.92 Å². The van der Waals surface area contributed by atoms with Crippen molar-refractivity contribution in [2.24, 2.45) is 11.5 Å². The summed E-state index contributed by atoms with van der Waals surface area (Å²) in [6, 6.07) is -1.84. The Morgan fingerprint density at radius 2 is 1.15 bits per heavy atom. The van der Waals surface area contributed by atoms with Crippen LogP contribution in [0, 0.1) is 0 Å². The molecule has 194 valence electrons. The van der Waals surface area contributed by atoms with Gasteiger partial charge in [-0.05, 0) is 19.8 Å². The predicted molar refractivity (Wildman–Crippen MR) is 135 cm³/mol. The summed E-state index contributed by atoms with van der Waals surface area (Å²) in [5, 5.41) is 9.54. The second kappa shape index (κ2) is 20.9. The summed E-state index contributed by atoms with van der Waals surface area (Å²) >= 11 is 0. The Bertz CT molecular complexity index is 526. The van der Waals surface area contributed by atoms with Gasteiger partial charge in [0.1, 0.15) is 6.04 Å². The molecular formula is C26H51N3O4. The van der Waals surface area contributed by atoms with Crippen LogP contribution in [0.1, 0.15) is 129 Å². The Labute approximate surface area is 202 Å². The summed E-state index contributed by atoms with van der Waals surface area (Å²) in [5.74, 6) is -2.09. The SMILES string of the molecule is CCCCCCCCCCCCCCCCCCN(C(=O)[C@@H](C)N)[C@@H](CCC(N)=O)C(=O)O. The number of unbranched alkanes of at least 4 members (excludes halogenated alkanes) is 15. The van der Waals surface area contributed by atoms with Crippen molar-refractivity contribution in [2.75, 3.05) is 6.54 Å². The van der Waals surface area contributed by atoms with Gasteiger partial charge in [0.05, 0.1) is 6.04 Å². The van der Waals surface area contributed by atoms with E-state index in [1.807, 2.05) is 0 Å². The van der Waals surface area contributed by atoms with E-state index in [1.165, 1.54) is 88.4 Å². The van der Waals surface area contributed by atoms with Crippen LogP contribution in [0.4, 0.5) is 0 Å². The summed E-state index contributed by atoms with van der Waals surface area (Å²) in [6.45, 7) is 4.15. The number of primary amides is 1. The van der Waals surface area contributed by atoms with E-state index < -0.39 is 29.9 Å². The van der Waals surface area contributed by atoms with Crippen molar-refractivity contribution in [2.45, 2.75) is 142 Å². The zero-order valence-electron chi connectivity index (χ0n) is 21.4. The van der Waals surface area contributed by atoms with Gasteiger partial charge in [-0.15, -0.1) is 0 Å². The molecule has 0 aliphatic carbocycles. The number of nitrogens with zero attached hydrogens (tertiary/aromatic N) is 1. The normalized spacial score (nSPS) is 12.9. The summed E-state index contributed by atoms with van der Waals surface area (Å²) in [5.41, 5.74) is 10.9. The summed E-state index contributed by atoms with van der Waals surface area (Å²) in [6.07, 6.45) is 20.0. The topological polar surface area (TPSA) is 127 Å². The van der Waals surface area contributed by atoms with Crippen LogP contribution in [0.15, 0.2) is 0 Å². The zero-order chi connectivity index (χ0) is 24.9. The summed E-state index contributed by atoms with van der Waals surface area (Å²) < 4.78 is 0. The minimum atomic E-state index is -1.12. The van der Waals surface area contributed by atoms with Crippen molar-refractivity contribution in [3.63, 3.8) is 0 Å². The van der Waals surface area contributed by atoms with Crippen LogP contribution in [-0.4, -0.2) is 46.4 Å². The molecule has 33 heavy (non-hydrogen) atoms.